The van der Waals surface area contributed by atoms with Crippen molar-refractivity contribution in [2.45, 2.75) is 18.1 Å². The van der Waals surface area contributed by atoms with Gasteiger partial charge in [-0.05, 0) is 31.2 Å². The second-order valence-electron chi connectivity index (χ2n) is 4.81. The van der Waals surface area contributed by atoms with Crippen molar-refractivity contribution in [1.82, 2.24) is 9.62 Å². The highest BCUT2D eigenvalue weighted by Gasteiger charge is 2.24. The molecule has 2 rings (SSSR count). The van der Waals surface area contributed by atoms with Gasteiger partial charge in [0.2, 0.25) is 5.09 Å². The van der Waals surface area contributed by atoms with Gasteiger partial charge in [0.15, 0.2) is 0 Å². The Bertz CT molecular complexity index is 665. The molecule has 0 amide bonds. The molecule has 0 unspecified atom stereocenters. The van der Waals surface area contributed by atoms with Crippen molar-refractivity contribution in [2.24, 2.45) is 0 Å². The molecule has 0 aliphatic carbocycles. The SMILES string of the molecule is CNCc1ccc(S(=O)(=O)N(C)CCc2ccccc2)o1. The largest absolute Gasteiger partial charge is 0.447 e. The highest BCUT2D eigenvalue weighted by molar-refractivity contribution is 7.89. The van der Waals surface area contributed by atoms with Crippen molar-refractivity contribution < 1.29 is 12.8 Å². The molecule has 6 heteroatoms. The van der Waals surface area contributed by atoms with Gasteiger partial charge in [-0.15, -0.1) is 0 Å². The molecule has 0 atom stereocenters. The summed E-state index contributed by atoms with van der Waals surface area (Å²) in [5.41, 5.74) is 1.11. The van der Waals surface area contributed by atoms with Gasteiger partial charge in [-0.25, -0.2) is 8.42 Å². The minimum absolute atomic E-state index is 0.0108. The molecule has 0 fully saturated rings. The Morgan fingerprint density at radius 2 is 1.86 bits per heavy atom. The van der Waals surface area contributed by atoms with E-state index >= 15 is 0 Å². The fourth-order valence-electron chi connectivity index (χ4n) is 1.97. The molecule has 0 saturated heterocycles. The predicted octanol–water partition coefficient (Wildman–Crippen LogP) is 1.86. The molecular formula is C15H20N2O3S. The Morgan fingerprint density at radius 1 is 1.14 bits per heavy atom. The van der Waals surface area contributed by atoms with Gasteiger partial charge < -0.3 is 9.73 Å². The van der Waals surface area contributed by atoms with Crippen LogP contribution in [0, 0.1) is 0 Å². The van der Waals surface area contributed by atoms with Gasteiger partial charge in [0, 0.05) is 13.6 Å². The molecule has 2 aromatic rings. The van der Waals surface area contributed by atoms with Crippen molar-refractivity contribution in [3.8, 4) is 0 Å². The van der Waals surface area contributed by atoms with E-state index in [0.717, 1.165) is 5.56 Å². The summed E-state index contributed by atoms with van der Waals surface area (Å²) in [5, 5.41) is 2.91. The van der Waals surface area contributed by atoms with Crippen molar-refractivity contribution in [3.05, 3.63) is 53.8 Å². The Kier molecular flexibility index (Phi) is 5.17. The van der Waals surface area contributed by atoms with Gasteiger partial charge >= 0.3 is 0 Å². The van der Waals surface area contributed by atoms with E-state index in [1.165, 1.54) is 10.4 Å². The Morgan fingerprint density at radius 3 is 2.52 bits per heavy atom. The minimum Gasteiger partial charge on any atom is -0.447 e. The van der Waals surface area contributed by atoms with Gasteiger partial charge in [0.1, 0.15) is 5.76 Å². The summed E-state index contributed by atoms with van der Waals surface area (Å²) in [7, 11) is -0.219. The van der Waals surface area contributed by atoms with Crippen molar-refractivity contribution in [2.75, 3.05) is 20.6 Å². The quantitative estimate of drug-likeness (QED) is 0.848. The van der Waals surface area contributed by atoms with Crippen LogP contribution in [0.4, 0.5) is 0 Å². The maximum atomic E-state index is 12.4. The standard InChI is InChI=1S/C15H20N2O3S/c1-16-12-14-8-9-15(20-14)21(18,19)17(2)11-10-13-6-4-3-5-7-13/h3-9,16H,10-12H2,1-2H3. The third-order valence-electron chi connectivity index (χ3n) is 3.21. The average Bonchev–Trinajstić information content (AvgIpc) is 2.95. The summed E-state index contributed by atoms with van der Waals surface area (Å²) >= 11 is 0. The lowest BCUT2D eigenvalue weighted by atomic mass is 10.2. The van der Waals surface area contributed by atoms with Crippen LogP contribution in [0.2, 0.25) is 0 Å². The molecule has 0 spiro atoms. The topological polar surface area (TPSA) is 62.6 Å². The molecule has 1 aromatic carbocycles. The van der Waals surface area contributed by atoms with Crippen LogP contribution in [0.15, 0.2) is 52.0 Å². The molecule has 5 nitrogen and oxygen atoms in total. The number of likely N-dealkylation sites (N-methyl/N-ethyl adjacent to an activating group) is 1. The molecule has 0 aliphatic heterocycles. The van der Waals surface area contributed by atoms with Crippen LogP contribution in [0.5, 0.6) is 0 Å². The van der Waals surface area contributed by atoms with Gasteiger partial charge in [-0.2, -0.15) is 4.31 Å². The number of nitrogens with one attached hydrogen (secondary N) is 1. The monoisotopic (exact) mass is 308 g/mol. The summed E-state index contributed by atoms with van der Waals surface area (Å²) in [6, 6.07) is 13.0. The van der Waals surface area contributed by atoms with Gasteiger partial charge in [0.05, 0.1) is 6.54 Å². The summed E-state index contributed by atoms with van der Waals surface area (Å²) in [4.78, 5) is 0. The zero-order valence-electron chi connectivity index (χ0n) is 12.2. The molecule has 1 N–H and O–H groups in total. The molecule has 0 aliphatic rings. The van der Waals surface area contributed by atoms with Crippen LogP contribution in [0.3, 0.4) is 0 Å². The maximum absolute atomic E-state index is 12.4. The van der Waals surface area contributed by atoms with Crippen molar-refractivity contribution in [1.29, 1.82) is 0 Å². The summed E-state index contributed by atoms with van der Waals surface area (Å²) in [6.07, 6.45) is 0.667. The fraction of sp³-hybridized carbons (Fsp3) is 0.333. The van der Waals surface area contributed by atoms with Crippen LogP contribution < -0.4 is 5.32 Å². The lowest BCUT2D eigenvalue weighted by Gasteiger charge is -2.15. The maximum Gasteiger partial charge on any atom is 0.276 e. The van der Waals surface area contributed by atoms with E-state index in [2.05, 4.69) is 5.32 Å². The predicted molar refractivity (Wildman–Crippen MR) is 81.4 cm³/mol. The first-order valence-electron chi connectivity index (χ1n) is 6.77. The van der Waals surface area contributed by atoms with Crippen molar-refractivity contribution in [3.63, 3.8) is 0 Å². The van der Waals surface area contributed by atoms with E-state index in [4.69, 9.17) is 4.42 Å². The molecule has 114 valence electrons. The van der Waals surface area contributed by atoms with Crippen LogP contribution in [0.1, 0.15) is 11.3 Å². The van der Waals surface area contributed by atoms with Gasteiger partial charge in [-0.3, -0.25) is 0 Å². The Labute approximate surface area is 125 Å². The zero-order valence-corrected chi connectivity index (χ0v) is 13.1. The molecule has 0 bridgehead atoms. The summed E-state index contributed by atoms with van der Waals surface area (Å²) in [6.45, 7) is 0.914. The lowest BCUT2D eigenvalue weighted by Crippen LogP contribution is -2.28. The van der Waals surface area contributed by atoms with Crippen molar-refractivity contribution >= 4 is 10.0 Å². The molecule has 0 saturated carbocycles. The molecule has 21 heavy (non-hydrogen) atoms. The lowest BCUT2D eigenvalue weighted by molar-refractivity contribution is 0.384. The second-order valence-corrected chi connectivity index (χ2v) is 6.79. The number of nitrogens with zero attached hydrogens (tertiary/aromatic N) is 1. The second kappa shape index (κ2) is 6.89. The van der Waals surface area contributed by atoms with E-state index in [9.17, 15) is 8.42 Å². The van der Waals surface area contributed by atoms with E-state index in [-0.39, 0.29) is 5.09 Å². The number of sulfonamides is 1. The van der Waals surface area contributed by atoms with Gasteiger partial charge in [0.25, 0.3) is 10.0 Å². The highest BCUT2D eigenvalue weighted by Crippen LogP contribution is 2.18. The zero-order chi connectivity index (χ0) is 15.3. The van der Waals surface area contributed by atoms with Crippen LogP contribution in [0.25, 0.3) is 0 Å². The van der Waals surface area contributed by atoms with E-state index < -0.39 is 10.0 Å². The normalized spacial score (nSPS) is 12.0. The third-order valence-corrected chi connectivity index (χ3v) is 4.94. The minimum atomic E-state index is -3.57. The van der Waals surface area contributed by atoms with Crippen LogP contribution in [-0.4, -0.2) is 33.4 Å². The molecule has 1 heterocycles. The molecule has 0 radical (unpaired) electrons. The first-order chi connectivity index (χ1) is 10.0. The fourth-order valence-corrected chi connectivity index (χ4v) is 3.06. The molecule has 1 aromatic heterocycles. The van der Waals surface area contributed by atoms with E-state index in [0.29, 0.717) is 25.3 Å². The van der Waals surface area contributed by atoms with Crippen LogP contribution in [-0.2, 0) is 23.0 Å². The number of rotatable bonds is 7. The number of hydrogen-bond acceptors (Lipinski definition) is 4. The smallest absolute Gasteiger partial charge is 0.276 e. The average molecular weight is 308 g/mol. The summed E-state index contributed by atoms with van der Waals surface area (Å²) < 4.78 is 31.5. The highest BCUT2D eigenvalue weighted by atomic mass is 32.2. The first-order valence-corrected chi connectivity index (χ1v) is 8.21. The summed E-state index contributed by atoms with van der Waals surface area (Å²) in [5.74, 6) is 0.604. The van der Waals surface area contributed by atoms with Crippen LogP contribution >= 0.6 is 0 Å². The van der Waals surface area contributed by atoms with Gasteiger partial charge in [-0.1, -0.05) is 30.3 Å². The Hall–Kier alpha value is -1.63. The number of furan rings is 1. The van der Waals surface area contributed by atoms with E-state index in [1.807, 2.05) is 30.3 Å². The molecular weight excluding hydrogens is 288 g/mol. The number of benzene rings is 1. The third kappa shape index (κ3) is 3.93. The first kappa shape index (κ1) is 15.8. The number of hydrogen-bond donors (Lipinski definition) is 1. The Balaban J connectivity index is 2.04. The van der Waals surface area contributed by atoms with E-state index in [1.54, 1.807) is 20.2 Å².